The van der Waals surface area contributed by atoms with E-state index in [1.807, 2.05) is 5.38 Å². The topological polar surface area (TPSA) is 85.2 Å². The molecule has 0 aliphatic carbocycles. The van der Waals surface area contributed by atoms with Gasteiger partial charge in [0.15, 0.2) is 0 Å². The first-order valence-electron chi connectivity index (χ1n) is 3.28. The predicted molar refractivity (Wildman–Crippen MR) is 44.0 cm³/mol. The molecule has 0 amide bonds. The Hall–Kier alpha value is -0.490. The van der Waals surface area contributed by atoms with Crippen LogP contribution in [0.5, 0.6) is 0 Å². The van der Waals surface area contributed by atoms with Crippen molar-refractivity contribution in [1.29, 1.82) is 0 Å². The monoisotopic (exact) mass is 173 g/mol. The highest BCUT2D eigenvalue weighted by Gasteiger charge is 2.07. The molecule has 1 aromatic rings. The Labute approximate surface area is 68.9 Å². The van der Waals surface area contributed by atoms with E-state index in [0.29, 0.717) is 11.6 Å². The Balaban J connectivity index is 2.71. The van der Waals surface area contributed by atoms with Crippen molar-refractivity contribution in [1.82, 2.24) is 4.98 Å². The standard InChI is InChI=1S/C6H11N3OS/c7-1-4(8)5-3-11-6(2-10)9-5/h3-4,10H,1-2,7-8H2/t4-/m0/s1. The van der Waals surface area contributed by atoms with E-state index in [9.17, 15) is 0 Å². The van der Waals surface area contributed by atoms with Gasteiger partial charge >= 0.3 is 0 Å². The summed E-state index contributed by atoms with van der Waals surface area (Å²) in [5.74, 6) is 0. The van der Waals surface area contributed by atoms with Crippen LogP contribution in [0, 0.1) is 0 Å². The van der Waals surface area contributed by atoms with Crippen LogP contribution in [0.1, 0.15) is 16.7 Å². The summed E-state index contributed by atoms with van der Waals surface area (Å²) in [5.41, 5.74) is 11.7. The smallest absolute Gasteiger partial charge is 0.118 e. The molecule has 0 aliphatic rings. The average molecular weight is 173 g/mol. The van der Waals surface area contributed by atoms with Gasteiger partial charge in [0.2, 0.25) is 0 Å². The molecule has 1 heterocycles. The molecular formula is C6H11N3OS. The van der Waals surface area contributed by atoms with Crippen LogP contribution in [0.25, 0.3) is 0 Å². The summed E-state index contributed by atoms with van der Waals surface area (Å²) >= 11 is 1.40. The van der Waals surface area contributed by atoms with Gasteiger partial charge in [-0.05, 0) is 0 Å². The second-order valence-corrected chi connectivity index (χ2v) is 3.11. The van der Waals surface area contributed by atoms with Crippen LogP contribution >= 0.6 is 11.3 Å². The Kier molecular flexibility index (Phi) is 2.95. The predicted octanol–water partition coefficient (Wildman–Crippen LogP) is -0.406. The van der Waals surface area contributed by atoms with Gasteiger partial charge in [-0.1, -0.05) is 0 Å². The van der Waals surface area contributed by atoms with Crippen molar-refractivity contribution in [3.63, 3.8) is 0 Å². The molecule has 0 unspecified atom stereocenters. The lowest BCUT2D eigenvalue weighted by molar-refractivity contribution is 0.281. The first kappa shape index (κ1) is 8.61. The van der Waals surface area contributed by atoms with Gasteiger partial charge in [0.1, 0.15) is 5.01 Å². The quantitative estimate of drug-likeness (QED) is 0.580. The zero-order valence-electron chi connectivity index (χ0n) is 6.03. The molecule has 0 radical (unpaired) electrons. The van der Waals surface area contributed by atoms with Crippen LogP contribution in [0.2, 0.25) is 0 Å². The van der Waals surface area contributed by atoms with Crippen LogP contribution < -0.4 is 11.5 Å². The Morgan fingerprint density at radius 1 is 1.73 bits per heavy atom. The third-order valence-electron chi connectivity index (χ3n) is 1.34. The minimum Gasteiger partial charge on any atom is -0.389 e. The molecule has 0 saturated heterocycles. The number of aliphatic hydroxyl groups is 1. The van der Waals surface area contributed by atoms with Crippen LogP contribution in [0.15, 0.2) is 5.38 Å². The summed E-state index contributed by atoms with van der Waals surface area (Å²) in [7, 11) is 0. The van der Waals surface area contributed by atoms with E-state index < -0.39 is 0 Å². The lowest BCUT2D eigenvalue weighted by Crippen LogP contribution is -2.20. The summed E-state index contributed by atoms with van der Waals surface area (Å²) in [6.45, 7) is 0.358. The van der Waals surface area contributed by atoms with Crippen molar-refractivity contribution in [2.24, 2.45) is 11.5 Å². The maximum absolute atomic E-state index is 8.68. The van der Waals surface area contributed by atoms with Crippen molar-refractivity contribution in [3.05, 3.63) is 16.1 Å². The Morgan fingerprint density at radius 3 is 2.91 bits per heavy atom. The Morgan fingerprint density at radius 2 is 2.45 bits per heavy atom. The number of hydrogen-bond donors (Lipinski definition) is 3. The summed E-state index contributed by atoms with van der Waals surface area (Å²) in [6, 6.07) is -0.202. The molecule has 0 aromatic carbocycles. The summed E-state index contributed by atoms with van der Waals surface area (Å²) in [5, 5.41) is 11.2. The summed E-state index contributed by atoms with van der Waals surface area (Å²) < 4.78 is 0. The lowest BCUT2D eigenvalue weighted by Gasteiger charge is -2.02. The highest BCUT2D eigenvalue weighted by molar-refractivity contribution is 7.09. The van der Waals surface area contributed by atoms with Gasteiger partial charge in [-0.2, -0.15) is 0 Å². The molecule has 5 heteroatoms. The number of aliphatic hydroxyl groups excluding tert-OH is 1. The maximum atomic E-state index is 8.68. The van der Waals surface area contributed by atoms with E-state index in [1.165, 1.54) is 11.3 Å². The van der Waals surface area contributed by atoms with E-state index in [0.717, 1.165) is 5.69 Å². The molecule has 0 spiro atoms. The highest BCUT2D eigenvalue weighted by Crippen LogP contribution is 2.13. The highest BCUT2D eigenvalue weighted by atomic mass is 32.1. The van der Waals surface area contributed by atoms with Crippen LogP contribution in [-0.4, -0.2) is 16.6 Å². The van der Waals surface area contributed by atoms with Crippen molar-refractivity contribution in [2.45, 2.75) is 12.6 Å². The van der Waals surface area contributed by atoms with Crippen molar-refractivity contribution in [2.75, 3.05) is 6.54 Å². The minimum atomic E-state index is -0.202. The molecule has 1 aromatic heterocycles. The Bertz CT molecular complexity index is 225. The number of nitrogens with zero attached hydrogens (tertiary/aromatic N) is 1. The molecule has 62 valence electrons. The number of hydrogen-bond acceptors (Lipinski definition) is 5. The maximum Gasteiger partial charge on any atom is 0.118 e. The third kappa shape index (κ3) is 1.97. The van der Waals surface area contributed by atoms with Gasteiger partial charge in [0.25, 0.3) is 0 Å². The number of nitrogens with two attached hydrogens (primary N) is 2. The molecule has 0 fully saturated rings. The minimum absolute atomic E-state index is 0.0258. The number of aromatic nitrogens is 1. The fraction of sp³-hybridized carbons (Fsp3) is 0.500. The summed E-state index contributed by atoms with van der Waals surface area (Å²) in [4.78, 5) is 4.06. The molecular weight excluding hydrogens is 162 g/mol. The molecule has 0 bridgehead atoms. The molecule has 11 heavy (non-hydrogen) atoms. The second kappa shape index (κ2) is 3.77. The summed E-state index contributed by atoms with van der Waals surface area (Å²) in [6.07, 6.45) is 0. The van der Waals surface area contributed by atoms with Gasteiger partial charge in [-0.3, -0.25) is 0 Å². The van der Waals surface area contributed by atoms with Gasteiger partial charge in [-0.15, -0.1) is 11.3 Å². The van der Waals surface area contributed by atoms with Crippen LogP contribution in [-0.2, 0) is 6.61 Å². The first-order chi connectivity index (χ1) is 5.27. The zero-order chi connectivity index (χ0) is 8.27. The van der Waals surface area contributed by atoms with Crippen LogP contribution in [0.4, 0.5) is 0 Å². The number of rotatable bonds is 3. The average Bonchev–Trinajstić information content (AvgIpc) is 2.50. The fourth-order valence-corrected chi connectivity index (χ4v) is 1.41. The van der Waals surface area contributed by atoms with E-state index >= 15 is 0 Å². The van der Waals surface area contributed by atoms with Gasteiger partial charge in [0, 0.05) is 11.9 Å². The molecule has 1 rings (SSSR count). The molecule has 5 N–H and O–H groups in total. The normalized spacial score (nSPS) is 13.4. The number of thiazole rings is 1. The zero-order valence-corrected chi connectivity index (χ0v) is 6.84. The van der Waals surface area contributed by atoms with E-state index in [2.05, 4.69) is 4.98 Å². The van der Waals surface area contributed by atoms with Gasteiger partial charge < -0.3 is 16.6 Å². The van der Waals surface area contributed by atoms with Gasteiger partial charge in [-0.25, -0.2) is 4.98 Å². The molecule has 1 atom stereocenters. The largest absolute Gasteiger partial charge is 0.389 e. The van der Waals surface area contributed by atoms with Crippen molar-refractivity contribution in [3.8, 4) is 0 Å². The van der Waals surface area contributed by atoms with E-state index in [-0.39, 0.29) is 12.6 Å². The van der Waals surface area contributed by atoms with Gasteiger partial charge in [0.05, 0.1) is 18.3 Å². The third-order valence-corrected chi connectivity index (χ3v) is 2.19. The molecule has 0 saturated carbocycles. The second-order valence-electron chi connectivity index (χ2n) is 2.17. The lowest BCUT2D eigenvalue weighted by atomic mass is 10.2. The molecule has 0 aliphatic heterocycles. The SMILES string of the molecule is NC[C@H](N)c1csc(CO)n1. The van der Waals surface area contributed by atoms with E-state index in [4.69, 9.17) is 16.6 Å². The van der Waals surface area contributed by atoms with E-state index in [1.54, 1.807) is 0 Å². The van der Waals surface area contributed by atoms with Crippen molar-refractivity contribution < 1.29 is 5.11 Å². The molecule has 4 nitrogen and oxygen atoms in total. The first-order valence-corrected chi connectivity index (χ1v) is 4.16. The fourth-order valence-electron chi connectivity index (χ4n) is 0.689. The van der Waals surface area contributed by atoms with Crippen LogP contribution in [0.3, 0.4) is 0 Å². The van der Waals surface area contributed by atoms with Crippen molar-refractivity contribution >= 4 is 11.3 Å².